The maximum atomic E-state index is 12.1. The van der Waals surface area contributed by atoms with Gasteiger partial charge in [-0.25, -0.2) is 4.98 Å². The van der Waals surface area contributed by atoms with Crippen molar-refractivity contribution < 1.29 is 6.17 Å². The van der Waals surface area contributed by atoms with E-state index in [-0.39, 0.29) is 5.91 Å². The summed E-state index contributed by atoms with van der Waals surface area (Å²) in [6.07, 6.45) is 0.363. The molecule has 0 aromatic carbocycles. The predicted octanol–water partition coefficient (Wildman–Crippen LogP) is 2.94. The Morgan fingerprint density at radius 2 is 2.11 bits per heavy atom. The predicted molar refractivity (Wildman–Crippen MR) is 72.8 cm³/mol. The Labute approximate surface area is 108 Å². The molecule has 0 fully saturated rings. The number of nitrogens with zero attached hydrogens (tertiary/aromatic N) is 2. The molecule has 2 aromatic heterocycles. The lowest BCUT2D eigenvalue weighted by atomic mass is 9.95. The molecule has 0 aliphatic rings. The molecular weight excluding hydrogens is 226 g/mol. The van der Waals surface area contributed by atoms with Gasteiger partial charge >= 0.3 is 0 Å². The number of hydrogen-bond donors (Lipinski definition) is 1. The summed E-state index contributed by atoms with van der Waals surface area (Å²) < 4.78 is 9.67. The van der Waals surface area contributed by atoms with E-state index in [4.69, 9.17) is 1.37 Å². The topological polar surface area (TPSA) is 46.4 Å². The van der Waals surface area contributed by atoms with Gasteiger partial charge in [0.25, 0.3) is 0 Å². The normalized spacial score (nSPS) is 12.6. The number of carbonyl (C=O) groups excluding carboxylic acids is 1. The molecule has 0 atom stereocenters. The molecule has 0 saturated heterocycles. The van der Waals surface area contributed by atoms with E-state index >= 15 is 0 Å². The lowest BCUT2D eigenvalue weighted by Crippen LogP contribution is -2.27. The second kappa shape index (κ2) is 4.12. The highest BCUT2D eigenvalue weighted by molar-refractivity contribution is 5.97. The van der Waals surface area contributed by atoms with Crippen LogP contribution in [0.2, 0.25) is 0 Å². The fraction of sp³-hybridized carbons (Fsp3) is 0.429. The molecule has 2 rings (SSSR count). The molecule has 0 spiro atoms. The van der Waals surface area contributed by atoms with Crippen molar-refractivity contribution in [3.05, 3.63) is 29.7 Å². The number of aromatic nitrogens is 2. The maximum Gasteiger partial charge on any atom is 0.229 e. The van der Waals surface area contributed by atoms with Crippen molar-refractivity contribution in [1.29, 1.82) is 0 Å². The monoisotopic (exact) mass is 246 g/mol. The summed E-state index contributed by atoms with van der Waals surface area (Å²) in [5, 5.41) is 2.89. The zero-order valence-corrected chi connectivity index (χ0v) is 11.5. The molecule has 4 nitrogen and oxygen atoms in total. The molecule has 0 saturated carbocycles. The van der Waals surface area contributed by atoms with Gasteiger partial charge in [-0.15, -0.1) is 0 Å². The second-order valence-electron chi connectivity index (χ2n) is 5.52. The van der Waals surface area contributed by atoms with Crippen molar-refractivity contribution in [2.75, 3.05) is 5.32 Å². The van der Waals surface area contributed by atoms with Gasteiger partial charge in [-0.3, -0.25) is 4.79 Å². The number of imidazole rings is 1. The van der Waals surface area contributed by atoms with Crippen molar-refractivity contribution in [2.45, 2.75) is 34.6 Å². The molecule has 0 aliphatic carbocycles. The van der Waals surface area contributed by atoms with Gasteiger partial charge in [-0.2, -0.15) is 0 Å². The largest absolute Gasteiger partial charge is 0.322 e. The van der Waals surface area contributed by atoms with E-state index in [2.05, 4.69) is 10.3 Å². The average Bonchev–Trinajstić information content (AvgIpc) is 2.59. The van der Waals surface area contributed by atoms with Crippen molar-refractivity contribution in [3.8, 4) is 0 Å². The van der Waals surface area contributed by atoms with Crippen LogP contribution in [0, 0.1) is 19.3 Å². The van der Waals surface area contributed by atoms with E-state index in [9.17, 15) is 4.79 Å². The standard InChI is InChI=1S/C14H19N3O/c1-9-10(2)17-8-6-7-11(12(17)15-9)16-13(18)14(3,4)5/h6-8H,1-5H3,(H,16,18)/i8D. The highest BCUT2D eigenvalue weighted by atomic mass is 16.2. The number of anilines is 1. The van der Waals surface area contributed by atoms with Crippen molar-refractivity contribution in [1.82, 2.24) is 9.38 Å². The zero-order valence-electron chi connectivity index (χ0n) is 12.5. The number of amides is 1. The molecule has 4 heteroatoms. The third-order valence-electron chi connectivity index (χ3n) is 2.97. The van der Waals surface area contributed by atoms with Crippen LogP contribution >= 0.6 is 0 Å². The van der Waals surface area contributed by atoms with Gasteiger partial charge in [0, 0.05) is 17.3 Å². The van der Waals surface area contributed by atoms with Crippen LogP contribution in [0.1, 0.15) is 33.5 Å². The smallest absolute Gasteiger partial charge is 0.229 e. The fourth-order valence-electron chi connectivity index (χ4n) is 1.63. The second-order valence-corrected chi connectivity index (χ2v) is 5.52. The van der Waals surface area contributed by atoms with Crippen molar-refractivity contribution in [3.63, 3.8) is 0 Å². The summed E-state index contributed by atoms with van der Waals surface area (Å²) in [4.78, 5) is 16.5. The summed E-state index contributed by atoms with van der Waals surface area (Å²) in [6.45, 7) is 9.40. The molecule has 0 bridgehead atoms. The van der Waals surface area contributed by atoms with E-state index in [0.717, 1.165) is 11.4 Å². The summed E-state index contributed by atoms with van der Waals surface area (Å²) in [7, 11) is 0. The average molecular weight is 246 g/mol. The van der Waals surface area contributed by atoms with Gasteiger partial charge in [-0.05, 0) is 26.0 Å². The van der Waals surface area contributed by atoms with Crippen LogP contribution in [0.15, 0.2) is 18.3 Å². The minimum atomic E-state index is -0.465. The van der Waals surface area contributed by atoms with E-state index < -0.39 is 5.41 Å². The van der Waals surface area contributed by atoms with E-state index in [1.165, 1.54) is 0 Å². The molecule has 0 unspecified atom stereocenters. The molecule has 1 N–H and O–H groups in total. The molecule has 1 amide bonds. The Balaban J connectivity index is 2.54. The molecule has 0 radical (unpaired) electrons. The quantitative estimate of drug-likeness (QED) is 0.841. The first-order chi connectivity index (χ1) is 8.71. The Hall–Kier alpha value is -1.84. The van der Waals surface area contributed by atoms with Gasteiger partial charge in [0.1, 0.15) is 0 Å². The number of carbonyl (C=O) groups is 1. The minimum Gasteiger partial charge on any atom is -0.322 e. The molecule has 0 aliphatic heterocycles. The Morgan fingerprint density at radius 3 is 2.72 bits per heavy atom. The van der Waals surface area contributed by atoms with Gasteiger partial charge < -0.3 is 9.72 Å². The third kappa shape index (κ3) is 2.10. The minimum absolute atomic E-state index is 0.0644. The molecule has 18 heavy (non-hydrogen) atoms. The number of nitrogens with one attached hydrogen (secondary N) is 1. The third-order valence-corrected chi connectivity index (χ3v) is 2.97. The lowest BCUT2D eigenvalue weighted by Gasteiger charge is -2.17. The number of aryl methyl sites for hydroxylation is 2. The first-order valence-electron chi connectivity index (χ1n) is 6.48. The van der Waals surface area contributed by atoms with Crippen LogP contribution in [-0.2, 0) is 4.79 Å². The number of fused-ring (bicyclic) bond motifs is 1. The molecular formula is C14H19N3O. The lowest BCUT2D eigenvalue weighted by molar-refractivity contribution is -0.123. The van der Waals surface area contributed by atoms with Crippen LogP contribution in [0.5, 0.6) is 0 Å². The summed E-state index contributed by atoms with van der Waals surface area (Å²) >= 11 is 0. The summed E-state index contributed by atoms with van der Waals surface area (Å²) in [5.74, 6) is -0.0644. The highest BCUT2D eigenvalue weighted by Gasteiger charge is 2.22. The summed E-state index contributed by atoms with van der Waals surface area (Å²) in [5.41, 5.74) is 2.60. The Kier molecular flexibility index (Phi) is 2.58. The number of pyridine rings is 1. The first-order valence-corrected chi connectivity index (χ1v) is 5.98. The maximum absolute atomic E-state index is 12.1. The van der Waals surface area contributed by atoms with E-state index in [0.29, 0.717) is 17.5 Å². The fourth-order valence-corrected chi connectivity index (χ4v) is 1.63. The van der Waals surface area contributed by atoms with Crippen LogP contribution in [0.4, 0.5) is 5.69 Å². The van der Waals surface area contributed by atoms with Crippen LogP contribution in [-0.4, -0.2) is 15.3 Å². The van der Waals surface area contributed by atoms with Crippen LogP contribution in [0.3, 0.4) is 0 Å². The van der Waals surface area contributed by atoms with E-state index in [1.54, 1.807) is 16.5 Å². The van der Waals surface area contributed by atoms with Gasteiger partial charge in [-0.1, -0.05) is 20.8 Å². The number of rotatable bonds is 1. The van der Waals surface area contributed by atoms with Gasteiger partial charge in [0.05, 0.1) is 12.8 Å². The molecule has 96 valence electrons. The number of hydrogen-bond acceptors (Lipinski definition) is 2. The van der Waals surface area contributed by atoms with Crippen LogP contribution in [0.25, 0.3) is 5.65 Å². The van der Waals surface area contributed by atoms with Crippen molar-refractivity contribution in [2.24, 2.45) is 5.41 Å². The zero-order chi connectivity index (χ0) is 14.4. The first kappa shape index (κ1) is 11.3. The van der Waals surface area contributed by atoms with E-state index in [1.807, 2.05) is 34.6 Å². The van der Waals surface area contributed by atoms with Gasteiger partial charge in [0.15, 0.2) is 5.65 Å². The molecule has 2 aromatic rings. The SMILES string of the molecule is [2H]c1ccc(NC(=O)C(C)(C)C)c2nc(C)c(C)n12. The Morgan fingerprint density at radius 1 is 1.44 bits per heavy atom. The van der Waals surface area contributed by atoms with Gasteiger partial charge in [0.2, 0.25) is 5.91 Å². The van der Waals surface area contributed by atoms with Crippen molar-refractivity contribution >= 4 is 17.2 Å². The highest BCUT2D eigenvalue weighted by Crippen LogP contribution is 2.22. The van der Waals surface area contributed by atoms with Crippen LogP contribution < -0.4 is 5.32 Å². The summed E-state index contributed by atoms with van der Waals surface area (Å²) in [6, 6.07) is 3.40. The molecule has 2 heterocycles. The Bertz CT molecular complexity index is 653.